The Morgan fingerprint density at radius 2 is 2.26 bits per heavy atom. The monoisotopic (exact) mass is 263 g/mol. The summed E-state index contributed by atoms with van der Waals surface area (Å²) in [7, 11) is 0. The van der Waals surface area contributed by atoms with Crippen LogP contribution in [0.4, 0.5) is 0 Å². The molecule has 4 nitrogen and oxygen atoms in total. The van der Waals surface area contributed by atoms with E-state index in [0.717, 1.165) is 43.0 Å². The minimum absolute atomic E-state index is 0.802. The number of hydrogen-bond acceptors (Lipinski definition) is 4. The molecule has 19 heavy (non-hydrogen) atoms. The Morgan fingerprint density at radius 1 is 1.37 bits per heavy atom. The van der Waals surface area contributed by atoms with Gasteiger partial charge in [-0.3, -0.25) is 4.90 Å². The number of likely N-dealkylation sites (tertiary alicyclic amines) is 1. The number of aromatic nitrogens is 1. The third-order valence-corrected chi connectivity index (χ3v) is 4.63. The molecule has 0 radical (unpaired) electrons. The van der Waals surface area contributed by atoms with E-state index >= 15 is 0 Å². The van der Waals surface area contributed by atoms with Gasteiger partial charge >= 0.3 is 0 Å². The molecule has 2 aliphatic rings. The lowest BCUT2D eigenvalue weighted by atomic mass is 9.92. The highest BCUT2D eigenvalue weighted by atomic mass is 16.5. The molecule has 0 aromatic carbocycles. The molecule has 1 aromatic rings. The fourth-order valence-corrected chi connectivity index (χ4v) is 3.72. The molecule has 3 rings (SSSR count). The molecule has 2 fully saturated rings. The van der Waals surface area contributed by atoms with Crippen LogP contribution < -0.4 is 5.32 Å². The number of piperidine rings is 1. The number of rotatable bonds is 5. The van der Waals surface area contributed by atoms with Gasteiger partial charge in [0.25, 0.3) is 0 Å². The molecule has 1 saturated heterocycles. The van der Waals surface area contributed by atoms with Crippen LogP contribution in [0, 0.1) is 5.92 Å². The third kappa shape index (κ3) is 3.00. The molecule has 2 atom stereocenters. The zero-order chi connectivity index (χ0) is 13.1. The summed E-state index contributed by atoms with van der Waals surface area (Å²) in [4.78, 5) is 2.62. The Hall–Kier alpha value is -0.870. The van der Waals surface area contributed by atoms with Crippen molar-refractivity contribution in [3.63, 3.8) is 0 Å². The molecule has 106 valence electrons. The highest BCUT2D eigenvalue weighted by Crippen LogP contribution is 2.37. The fraction of sp³-hybridized carbons (Fsp3) is 0.800. The van der Waals surface area contributed by atoms with Gasteiger partial charge in [0.05, 0.1) is 12.2 Å². The standard InChI is InChI=1S/C15H25N3O/c1-2-16-10-13-9-14(19-17-13)11-18-8-4-6-12-5-3-7-15(12)18/h9,12,15-16H,2-8,10-11H2,1H3. The Balaban J connectivity index is 1.59. The van der Waals surface area contributed by atoms with Crippen molar-refractivity contribution < 1.29 is 4.52 Å². The third-order valence-electron chi connectivity index (χ3n) is 4.63. The van der Waals surface area contributed by atoms with Crippen LogP contribution >= 0.6 is 0 Å². The molecule has 1 aliphatic carbocycles. The first-order chi connectivity index (χ1) is 9.36. The van der Waals surface area contributed by atoms with Gasteiger partial charge in [-0.15, -0.1) is 0 Å². The maximum Gasteiger partial charge on any atom is 0.151 e. The van der Waals surface area contributed by atoms with E-state index in [4.69, 9.17) is 4.52 Å². The molecule has 1 saturated carbocycles. The maximum absolute atomic E-state index is 5.48. The van der Waals surface area contributed by atoms with Crippen LogP contribution in [0.5, 0.6) is 0 Å². The van der Waals surface area contributed by atoms with Crippen LogP contribution in [0.1, 0.15) is 50.5 Å². The molecular formula is C15H25N3O. The van der Waals surface area contributed by atoms with E-state index in [-0.39, 0.29) is 0 Å². The van der Waals surface area contributed by atoms with E-state index in [0.29, 0.717) is 0 Å². The maximum atomic E-state index is 5.48. The second-order valence-electron chi connectivity index (χ2n) is 5.94. The first-order valence-corrected chi connectivity index (χ1v) is 7.76. The van der Waals surface area contributed by atoms with Crippen molar-refractivity contribution >= 4 is 0 Å². The van der Waals surface area contributed by atoms with Crippen molar-refractivity contribution in [1.29, 1.82) is 0 Å². The summed E-state index contributed by atoms with van der Waals surface area (Å²) in [6.07, 6.45) is 7.00. The second kappa shape index (κ2) is 6.06. The Morgan fingerprint density at radius 3 is 3.16 bits per heavy atom. The van der Waals surface area contributed by atoms with Crippen LogP contribution in [-0.2, 0) is 13.1 Å². The molecule has 0 bridgehead atoms. The number of hydrogen-bond donors (Lipinski definition) is 1. The van der Waals surface area contributed by atoms with Gasteiger partial charge in [-0.05, 0) is 44.7 Å². The molecule has 1 aromatic heterocycles. The summed E-state index contributed by atoms with van der Waals surface area (Å²) in [6, 6.07) is 2.91. The highest BCUT2D eigenvalue weighted by Gasteiger charge is 2.35. The minimum atomic E-state index is 0.802. The zero-order valence-corrected chi connectivity index (χ0v) is 11.9. The van der Waals surface area contributed by atoms with Crippen LogP contribution in [0.3, 0.4) is 0 Å². The molecule has 1 aliphatic heterocycles. The van der Waals surface area contributed by atoms with Crippen molar-refractivity contribution in [2.45, 2.75) is 58.2 Å². The van der Waals surface area contributed by atoms with E-state index in [9.17, 15) is 0 Å². The average Bonchev–Trinajstić information content (AvgIpc) is 3.05. The van der Waals surface area contributed by atoms with E-state index in [1.807, 2.05) is 0 Å². The number of nitrogens with zero attached hydrogens (tertiary/aromatic N) is 2. The Labute approximate surface area is 115 Å². The predicted octanol–water partition coefficient (Wildman–Crippen LogP) is 2.55. The summed E-state index contributed by atoms with van der Waals surface area (Å²) < 4.78 is 5.48. The SMILES string of the molecule is CCNCc1cc(CN2CCCC3CCCC32)on1. The molecule has 4 heteroatoms. The summed E-state index contributed by atoms with van der Waals surface area (Å²) in [5, 5.41) is 7.42. The van der Waals surface area contributed by atoms with E-state index in [1.165, 1.54) is 38.6 Å². The molecule has 2 unspecified atom stereocenters. The summed E-state index contributed by atoms with van der Waals surface area (Å²) in [5.74, 6) is 1.97. The topological polar surface area (TPSA) is 41.3 Å². The number of nitrogens with one attached hydrogen (secondary N) is 1. The highest BCUT2D eigenvalue weighted by molar-refractivity contribution is 5.06. The summed E-state index contributed by atoms with van der Waals surface area (Å²) in [5.41, 5.74) is 1.02. The normalized spacial score (nSPS) is 27.6. The zero-order valence-electron chi connectivity index (χ0n) is 11.9. The van der Waals surface area contributed by atoms with Gasteiger partial charge in [0.1, 0.15) is 0 Å². The molecular weight excluding hydrogens is 238 g/mol. The lowest BCUT2D eigenvalue weighted by molar-refractivity contribution is 0.0952. The Bertz CT molecular complexity index is 404. The van der Waals surface area contributed by atoms with Crippen molar-refractivity contribution in [3.8, 4) is 0 Å². The van der Waals surface area contributed by atoms with Crippen molar-refractivity contribution in [2.24, 2.45) is 5.92 Å². The van der Waals surface area contributed by atoms with Gasteiger partial charge in [-0.25, -0.2) is 0 Å². The smallest absolute Gasteiger partial charge is 0.151 e. The first kappa shape index (κ1) is 13.1. The van der Waals surface area contributed by atoms with Crippen LogP contribution in [0.15, 0.2) is 10.6 Å². The van der Waals surface area contributed by atoms with Crippen LogP contribution in [0.2, 0.25) is 0 Å². The average molecular weight is 263 g/mol. The van der Waals surface area contributed by atoms with Gasteiger partial charge in [-0.2, -0.15) is 0 Å². The summed E-state index contributed by atoms with van der Waals surface area (Å²) >= 11 is 0. The molecule has 0 spiro atoms. The van der Waals surface area contributed by atoms with Gasteiger partial charge in [-0.1, -0.05) is 18.5 Å². The predicted molar refractivity (Wildman–Crippen MR) is 74.7 cm³/mol. The Kier molecular flexibility index (Phi) is 4.18. The van der Waals surface area contributed by atoms with Gasteiger partial charge in [0.15, 0.2) is 5.76 Å². The summed E-state index contributed by atoms with van der Waals surface area (Å²) in [6.45, 7) is 6.06. The van der Waals surface area contributed by atoms with Gasteiger partial charge in [0, 0.05) is 18.7 Å². The molecule has 1 N–H and O–H groups in total. The van der Waals surface area contributed by atoms with Crippen LogP contribution in [0.25, 0.3) is 0 Å². The largest absolute Gasteiger partial charge is 0.360 e. The van der Waals surface area contributed by atoms with Crippen LogP contribution in [-0.4, -0.2) is 29.2 Å². The van der Waals surface area contributed by atoms with Gasteiger partial charge in [0.2, 0.25) is 0 Å². The van der Waals surface area contributed by atoms with E-state index in [1.54, 1.807) is 0 Å². The van der Waals surface area contributed by atoms with Crippen molar-refractivity contribution in [2.75, 3.05) is 13.1 Å². The minimum Gasteiger partial charge on any atom is -0.360 e. The lowest BCUT2D eigenvalue weighted by Crippen LogP contribution is -2.41. The molecule has 2 heterocycles. The molecule has 0 amide bonds. The number of fused-ring (bicyclic) bond motifs is 1. The second-order valence-corrected chi connectivity index (χ2v) is 5.94. The van der Waals surface area contributed by atoms with Gasteiger partial charge < -0.3 is 9.84 Å². The van der Waals surface area contributed by atoms with E-state index in [2.05, 4.69) is 28.4 Å². The fourth-order valence-electron chi connectivity index (χ4n) is 3.72. The van der Waals surface area contributed by atoms with Crippen molar-refractivity contribution in [3.05, 3.63) is 17.5 Å². The van der Waals surface area contributed by atoms with Crippen molar-refractivity contribution in [1.82, 2.24) is 15.4 Å². The van der Waals surface area contributed by atoms with E-state index < -0.39 is 0 Å². The lowest BCUT2D eigenvalue weighted by Gasteiger charge is -2.37. The first-order valence-electron chi connectivity index (χ1n) is 7.76. The quantitative estimate of drug-likeness (QED) is 0.886.